The number of carboxylic acid groups (broad SMARTS) is 1. The van der Waals surface area contributed by atoms with Crippen molar-refractivity contribution in [3.63, 3.8) is 0 Å². The Labute approximate surface area is 190 Å². The van der Waals surface area contributed by atoms with Gasteiger partial charge in [0.05, 0.1) is 12.1 Å². The summed E-state index contributed by atoms with van der Waals surface area (Å²) >= 11 is 1.42. The molecule has 0 spiro atoms. The molecule has 0 aliphatic rings. The number of rotatable bonds is 10. The second-order valence-electron chi connectivity index (χ2n) is 7.29. The summed E-state index contributed by atoms with van der Waals surface area (Å²) < 4.78 is 6.13. The summed E-state index contributed by atoms with van der Waals surface area (Å²) in [7, 11) is 0. The molecular weight excluding hydrogens is 422 g/mol. The van der Waals surface area contributed by atoms with Crippen molar-refractivity contribution in [1.82, 2.24) is 9.97 Å². The Balaban J connectivity index is 1.53. The minimum atomic E-state index is -0.834. The molecule has 0 atom stereocenters. The van der Waals surface area contributed by atoms with Crippen LogP contribution in [0.2, 0.25) is 0 Å². The number of nitrogens with zero attached hydrogens (tertiary/aromatic N) is 2. The fourth-order valence-corrected chi connectivity index (χ4v) is 3.91. The monoisotopic (exact) mass is 445 g/mol. The average Bonchev–Trinajstić information content (AvgIpc) is 3.26. The van der Waals surface area contributed by atoms with Gasteiger partial charge in [0.1, 0.15) is 6.61 Å². The molecule has 2 heterocycles. The lowest BCUT2D eigenvalue weighted by Crippen LogP contribution is -2.03. The van der Waals surface area contributed by atoms with Crippen LogP contribution in [0.1, 0.15) is 28.8 Å². The predicted molar refractivity (Wildman–Crippen MR) is 126 cm³/mol. The highest BCUT2D eigenvalue weighted by Crippen LogP contribution is 2.30. The van der Waals surface area contributed by atoms with E-state index in [1.165, 1.54) is 16.9 Å². The number of thiazole rings is 1. The molecule has 162 valence electrons. The van der Waals surface area contributed by atoms with Crippen LogP contribution in [0.5, 0.6) is 5.75 Å². The number of benzene rings is 2. The van der Waals surface area contributed by atoms with E-state index in [1.807, 2.05) is 66.2 Å². The lowest BCUT2D eigenvalue weighted by Gasteiger charge is -2.13. The summed E-state index contributed by atoms with van der Waals surface area (Å²) in [6, 6.07) is 22.2. The van der Waals surface area contributed by atoms with Gasteiger partial charge >= 0.3 is 5.97 Å². The first-order chi connectivity index (χ1) is 15.7. The largest absolute Gasteiger partial charge is 0.485 e. The molecule has 6 nitrogen and oxygen atoms in total. The first-order valence-corrected chi connectivity index (χ1v) is 11.2. The first-order valence-electron chi connectivity index (χ1n) is 10.3. The summed E-state index contributed by atoms with van der Waals surface area (Å²) in [5.74, 6) is 0.390. The van der Waals surface area contributed by atoms with Crippen LogP contribution in [0.25, 0.3) is 0 Å². The summed E-state index contributed by atoms with van der Waals surface area (Å²) in [5.41, 5.74) is 4.06. The third kappa shape index (κ3) is 6.15. The third-order valence-electron chi connectivity index (χ3n) is 4.77. The predicted octanol–water partition coefficient (Wildman–Crippen LogP) is 5.47. The van der Waals surface area contributed by atoms with Crippen molar-refractivity contribution >= 4 is 28.3 Å². The van der Waals surface area contributed by atoms with Gasteiger partial charge in [0, 0.05) is 18.0 Å². The molecule has 32 heavy (non-hydrogen) atoms. The lowest BCUT2D eigenvalue weighted by molar-refractivity contribution is -0.136. The summed E-state index contributed by atoms with van der Waals surface area (Å²) in [5, 5.41) is 14.6. The van der Waals surface area contributed by atoms with E-state index in [1.54, 1.807) is 0 Å². The number of aromatic nitrogens is 2. The Bertz CT molecular complexity index is 1160. The van der Waals surface area contributed by atoms with Gasteiger partial charge in [0.15, 0.2) is 16.7 Å². The number of pyridine rings is 1. The number of aliphatic carboxylic acids is 1. The highest BCUT2D eigenvalue weighted by atomic mass is 32.1. The van der Waals surface area contributed by atoms with E-state index in [-0.39, 0.29) is 6.42 Å². The van der Waals surface area contributed by atoms with Gasteiger partial charge in [0.25, 0.3) is 0 Å². The number of carboxylic acids is 1. The quantitative estimate of drug-likeness (QED) is 0.337. The number of anilines is 2. The molecule has 0 bridgehead atoms. The van der Waals surface area contributed by atoms with Gasteiger partial charge in [-0.15, -0.1) is 11.3 Å². The maximum Gasteiger partial charge on any atom is 0.303 e. The Morgan fingerprint density at radius 1 is 1.00 bits per heavy atom. The Morgan fingerprint density at radius 2 is 1.72 bits per heavy atom. The smallest absolute Gasteiger partial charge is 0.303 e. The molecule has 2 aromatic carbocycles. The zero-order valence-electron chi connectivity index (χ0n) is 17.4. The first kappa shape index (κ1) is 21.5. The van der Waals surface area contributed by atoms with Gasteiger partial charge in [-0.1, -0.05) is 60.7 Å². The van der Waals surface area contributed by atoms with Gasteiger partial charge < -0.3 is 15.2 Å². The van der Waals surface area contributed by atoms with Crippen molar-refractivity contribution in [2.24, 2.45) is 0 Å². The van der Waals surface area contributed by atoms with Crippen molar-refractivity contribution in [3.8, 4) is 5.75 Å². The maximum atomic E-state index is 10.8. The van der Waals surface area contributed by atoms with Gasteiger partial charge in [-0.05, 0) is 29.2 Å². The topological polar surface area (TPSA) is 84.3 Å². The average molecular weight is 446 g/mol. The molecule has 0 radical (unpaired) electrons. The second kappa shape index (κ2) is 10.5. The minimum Gasteiger partial charge on any atom is -0.485 e. The van der Waals surface area contributed by atoms with Gasteiger partial charge in [-0.3, -0.25) is 4.79 Å². The van der Waals surface area contributed by atoms with Crippen LogP contribution in [0.15, 0.2) is 78.3 Å². The molecule has 4 aromatic rings. The molecule has 2 aromatic heterocycles. The lowest BCUT2D eigenvalue weighted by atomic mass is 10.1. The normalized spacial score (nSPS) is 10.6. The van der Waals surface area contributed by atoms with Crippen LogP contribution in [-0.2, 0) is 24.2 Å². The van der Waals surface area contributed by atoms with Crippen molar-refractivity contribution < 1.29 is 14.6 Å². The summed E-state index contributed by atoms with van der Waals surface area (Å²) in [6.45, 7) is 0.424. The molecule has 0 aliphatic carbocycles. The Kier molecular flexibility index (Phi) is 7.09. The molecule has 7 heteroatoms. The number of nitrogens with one attached hydrogen (secondary N) is 1. The van der Waals surface area contributed by atoms with Gasteiger partial charge in [-0.2, -0.15) is 0 Å². The number of hydrogen-bond donors (Lipinski definition) is 2. The molecule has 0 aliphatic heterocycles. The number of aryl methyl sites for hydroxylation is 1. The standard InChI is InChI=1S/C25H23N3O3S/c29-23(30)12-11-21-17-32-25(27-21)28-24-22(31-16-19-9-5-2-6-10-19)14-20(15-26-24)13-18-7-3-1-4-8-18/h1-10,14-15,17H,11-13,16H2,(H,29,30)(H,26,27,28). The van der Waals surface area contributed by atoms with Crippen molar-refractivity contribution in [3.05, 3.63) is 101 Å². The van der Waals surface area contributed by atoms with E-state index >= 15 is 0 Å². The minimum absolute atomic E-state index is 0.0566. The maximum absolute atomic E-state index is 10.8. The van der Waals surface area contributed by atoms with E-state index in [4.69, 9.17) is 9.84 Å². The van der Waals surface area contributed by atoms with Gasteiger partial charge in [0.2, 0.25) is 0 Å². The van der Waals surface area contributed by atoms with E-state index in [2.05, 4.69) is 27.4 Å². The number of hydrogen-bond acceptors (Lipinski definition) is 6. The van der Waals surface area contributed by atoms with Crippen LogP contribution in [0.4, 0.5) is 10.9 Å². The molecule has 2 N–H and O–H groups in total. The van der Waals surface area contributed by atoms with Crippen molar-refractivity contribution in [1.29, 1.82) is 0 Å². The van der Waals surface area contributed by atoms with Crippen LogP contribution in [0.3, 0.4) is 0 Å². The zero-order valence-corrected chi connectivity index (χ0v) is 18.2. The summed E-state index contributed by atoms with van der Waals surface area (Å²) in [6.07, 6.45) is 3.05. The fourth-order valence-electron chi connectivity index (χ4n) is 3.17. The molecule has 0 unspecified atom stereocenters. The SMILES string of the molecule is O=C(O)CCc1csc(Nc2ncc(Cc3ccccc3)cc2OCc2ccccc2)n1. The fraction of sp³-hybridized carbons (Fsp3) is 0.160. The number of ether oxygens (including phenoxy) is 1. The molecule has 0 saturated heterocycles. The van der Waals surface area contributed by atoms with E-state index in [9.17, 15) is 4.79 Å². The van der Waals surface area contributed by atoms with Crippen LogP contribution in [0, 0.1) is 0 Å². The van der Waals surface area contributed by atoms with E-state index in [0.717, 1.165) is 23.2 Å². The second-order valence-corrected chi connectivity index (χ2v) is 8.15. The molecule has 4 rings (SSSR count). The number of carbonyl (C=O) groups is 1. The Hall–Kier alpha value is -3.71. The molecule has 0 fully saturated rings. The summed E-state index contributed by atoms with van der Waals surface area (Å²) in [4.78, 5) is 19.9. The molecule has 0 saturated carbocycles. The van der Waals surface area contributed by atoms with Crippen LogP contribution >= 0.6 is 11.3 Å². The van der Waals surface area contributed by atoms with Gasteiger partial charge in [-0.25, -0.2) is 9.97 Å². The zero-order chi connectivity index (χ0) is 22.2. The van der Waals surface area contributed by atoms with Crippen molar-refractivity contribution in [2.45, 2.75) is 25.9 Å². The van der Waals surface area contributed by atoms with Crippen LogP contribution < -0.4 is 10.1 Å². The van der Waals surface area contributed by atoms with Crippen LogP contribution in [-0.4, -0.2) is 21.0 Å². The molecule has 0 amide bonds. The van der Waals surface area contributed by atoms with E-state index in [0.29, 0.717) is 29.7 Å². The third-order valence-corrected chi connectivity index (χ3v) is 5.58. The highest BCUT2D eigenvalue weighted by Gasteiger charge is 2.12. The Morgan fingerprint density at radius 3 is 2.44 bits per heavy atom. The molecular formula is C25H23N3O3S. The van der Waals surface area contributed by atoms with E-state index < -0.39 is 5.97 Å². The highest BCUT2D eigenvalue weighted by molar-refractivity contribution is 7.13. The van der Waals surface area contributed by atoms with Crippen molar-refractivity contribution in [2.75, 3.05) is 5.32 Å².